The molecular formula is C20H19ClN2O3. The van der Waals surface area contributed by atoms with Crippen molar-refractivity contribution < 1.29 is 13.9 Å². The highest BCUT2D eigenvalue weighted by molar-refractivity contribution is 6.35. The Hall–Kier alpha value is -2.37. The number of para-hydroxylation sites is 1. The van der Waals surface area contributed by atoms with Crippen molar-refractivity contribution in [3.05, 3.63) is 53.2 Å². The normalized spacial score (nSPS) is 17.3. The standard InChI is InChI=1S/C20H19ClN2O3/c21-16-6-1-5-14-15(20(24)22-11-13-4-2-8-25-12-13)10-17(23-19(14)16)18-7-3-9-26-18/h1,3,5-7,9-10,13H,2,4,8,11-12H2,(H,22,24)/t13-/m0/s1. The molecule has 2 aromatic heterocycles. The van der Waals surface area contributed by atoms with Crippen molar-refractivity contribution in [1.29, 1.82) is 0 Å². The molecule has 6 heteroatoms. The predicted molar refractivity (Wildman–Crippen MR) is 100 cm³/mol. The van der Waals surface area contributed by atoms with Crippen LogP contribution in [0.15, 0.2) is 47.1 Å². The fraction of sp³-hybridized carbons (Fsp3) is 0.300. The van der Waals surface area contributed by atoms with Gasteiger partial charge in [0.05, 0.1) is 29.0 Å². The number of nitrogens with zero attached hydrogens (tertiary/aromatic N) is 1. The maximum Gasteiger partial charge on any atom is 0.252 e. The highest BCUT2D eigenvalue weighted by Gasteiger charge is 2.19. The van der Waals surface area contributed by atoms with Crippen LogP contribution in [0.5, 0.6) is 0 Å². The van der Waals surface area contributed by atoms with E-state index in [9.17, 15) is 4.79 Å². The molecule has 0 unspecified atom stereocenters. The minimum Gasteiger partial charge on any atom is -0.463 e. The molecule has 0 aliphatic carbocycles. The molecule has 0 spiro atoms. The topological polar surface area (TPSA) is 64.4 Å². The summed E-state index contributed by atoms with van der Waals surface area (Å²) < 4.78 is 10.9. The summed E-state index contributed by atoms with van der Waals surface area (Å²) in [7, 11) is 0. The summed E-state index contributed by atoms with van der Waals surface area (Å²) in [6.45, 7) is 2.10. The van der Waals surface area contributed by atoms with Crippen molar-refractivity contribution >= 4 is 28.4 Å². The lowest BCUT2D eigenvalue weighted by Gasteiger charge is -2.22. The van der Waals surface area contributed by atoms with E-state index in [2.05, 4.69) is 10.3 Å². The summed E-state index contributed by atoms with van der Waals surface area (Å²) in [6, 6.07) is 10.8. The summed E-state index contributed by atoms with van der Waals surface area (Å²) in [5, 5.41) is 4.26. The zero-order valence-corrected chi connectivity index (χ0v) is 15.0. The van der Waals surface area contributed by atoms with Crippen LogP contribution < -0.4 is 5.32 Å². The average Bonchev–Trinajstić information content (AvgIpc) is 3.21. The van der Waals surface area contributed by atoms with E-state index in [4.69, 9.17) is 20.8 Å². The van der Waals surface area contributed by atoms with E-state index in [1.165, 1.54) is 0 Å². The number of carbonyl (C=O) groups is 1. The largest absolute Gasteiger partial charge is 0.463 e. The highest BCUT2D eigenvalue weighted by Crippen LogP contribution is 2.29. The first-order chi connectivity index (χ1) is 12.7. The number of benzene rings is 1. The quantitative estimate of drug-likeness (QED) is 0.743. The molecule has 26 heavy (non-hydrogen) atoms. The van der Waals surface area contributed by atoms with Gasteiger partial charge in [-0.1, -0.05) is 23.7 Å². The van der Waals surface area contributed by atoms with Crippen LogP contribution in [0, 0.1) is 5.92 Å². The van der Waals surface area contributed by atoms with E-state index in [0.717, 1.165) is 24.8 Å². The molecule has 1 fully saturated rings. The van der Waals surface area contributed by atoms with Gasteiger partial charge in [0, 0.05) is 18.5 Å². The number of amides is 1. The minimum atomic E-state index is -0.141. The molecule has 134 valence electrons. The first-order valence-corrected chi connectivity index (χ1v) is 9.09. The molecule has 1 aliphatic rings. The Labute approximate surface area is 156 Å². The van der Waals surface area contributed by atoms with Crippen LogP contribution in [0.25, 0.3) is 22.4 Å². The Bertz CT molecular complexity index is 918. The van der Waals surface area contributed by atoms with Gasteiger partial charge in [0.15, 0.2) is 5.76 Å². The molecule has 1 amide bonds. The number of ether oxygens (including phenoxy) is 1. The van der Waals surface area contributed by atoms with Gasteiger partial charge >= 0.3 is 0 Å². The molecule has 0 radical (unpaired) electrons. The smallest absolute Gasteiger partial charge is 0.252 e. The summed E-state index contributed by atoms with van der Waals surface area (Å²) in [4.78, 5) is 17.5. The minimum absolute atomic E-state index is 0.141. The second kappa shape index (κ2) is 7.48. The van der Waals surface area contributed by atoms with Crippen LogP contribution in [0.4, 0.5) is 0 Å². The predicted octanol–water partition coefficient (Wildman–Crippen LogP) is 4.30. The number of aromatic nitrogens is 1. The maximum absolute atomic E-state index is 12.9. The van der Waals surface area contributed by atoms with Gasteiger partial charge in [-0.2, -0.15) is 0 Å². The highest BCUT2D eigenvalue weighted by atomic mass is 35.5. The fourth-order valence-electron chi connectivity index (χ4n) is 3.25. The van der Waals surface area contributed by atoms with E-state index < -0.39 is 0 Å². The van der Waals surface area contributed by atoms with Gasteiger partial charge in [-0.25, -0.2) is 4.98 Å². The molecule has 1 saturated heterocycles. The Morgan fingerprint density at radius 1 is 1.31 bits per heavy atom. The Balaban J connectivity index is 1.68. The van der Waals surface area contributed by atoms with Crippen molar-refractivity contribution in [2.24, 2.45) is 5.92 Å². The fourth-order valence-corrected chi connectivity index (χ4v) is 3.47. The number of hydrogen-bond donors (Lipinski definition) is 1. The molecule has 1 aliphatic heterocycles. The van der Waals surface area contributed by atoms with E-state index in [1.807, 2.05) is 18.2 Å². The second-order valence-electron chi connectivity index (χ2n) is 6.46. The summed E-state index contributed by atoms with van der Waals surface area (Å²) in [5.41, 5.74) is 1.72. The van der Waals surface area contributed by atoms with Crippen LogP contribution in [0.1, 0.15) is 23.2 Å². The Kier molecular flexibility index (Phi) is 4.91. The summed E-state index contributed by atoms with van der Waals surface area (Å²) in [6.07, 6.45) is 3.69. The Morgan fingerprint density at radius 3 is 3.00 bits per heavy atom. The number of rotatable bonds is 4. The first kappa shape index (κ1) is 17.1. The third-order valence-corrected chi connectivity index (χ3v) is 4.92. The lowest BCUT2D eigenvalue weighted by molar-refractivity contribution is 0.0536. The van der Waals surface area contributed by atoms with Gasteiger partial charge in [0.1, 0.15) is 5.69 Å². The lowest BCUT2D eigenvalue weighted by atomic mass is 10.0. The summed E-state index contributed by atoms with van der Waals surface area (Å²) in [5.74, 6) is 0.813. The van der Waals surface area contributed by atoms with E-state index in [-0.39, 0.29) is 5.91 Å². The molecule has 1 aromatic carbocycles. The van der Waals surface area contributed by atoms with Crippen molar-refractivity contribution in [1.82, 2.24) is 10.3 Å². The number of hydrogen-bond acceptors (Lipinski definition) is 4. The molecule has 1 atom stereocenters. The van der Waals surface area contributed by atoms with Gasteiger partial charge in [-0.3, -0.25) is 4.79 Å². The zero-order valence-electron chi connectivity index (χ0n) is 14.2. The number of fused-ring (bicyclic) bond motifs is 1. The number of pyridine rings is 1. The van der Waals surface area contributed by atoms with Gasteiger partial charge < -0.3 is 14.5 Å². The molecular weight excluding hydrogens is 352 g/mol. The zero-order chi connectivity index (χ0) is 17.9. The number of nitrogens with one attached hydrogen (secondary N) is 1. The third-order valence-electron chi connectivity index (χ3n) is 4.61. The molecule has 3 heterocycles. The summed E-state index contributed by atoms with van der Waals surface area (Å²) >= 11 is 6.32. The maximum atomic E-state index is 12.9. The van der Waals surface area contributed by atoms with Crippen LogP contribution in [0.2, 0.25) is 5.02 Å². The van der Waals surface area contributed by atoms with Gasteiger partial charge in [-0.05, 0) is 43.0 Å². The van der Waals surface area contributed by atoms with Gasteiger partial charge in [0.2, 0.25) is 0 Å². The third kappa shape index (κ3) is 3.45. The number of furan rings is 1. The van der Waals surface area contributed by atoms with Gasteiger partial charge in [0.25, 0.3) is 5.91 Å². The monoisotopic (exact) mass is 370 g/mol. The van der Waals surface area contributed by atoms with Crippen LogP contribution in [0.3, 0.4) is 0 Å². The van der Waals surface area contributed by atoms with E-state index in [1.54, 1.807) is 24.5 Å². The van der Waals surface area contributed by atoms with Gasteiger partial charge in [-0.15, -0.1) is 0 Å². The van der Waals surface area contributed by atoms with Crippen molar-refractivity contribution in [3.63, 3.8) is 0 Å². The van der Waals surface area contributed by atoms with E-state index >= 15 is 0 Å². The molecule has 0 saturated carbocycles. The number of halogens is 1. The van der Waals surface area contributed by atoms with Crippen LogP contribution in [-0.4, -0.2) is 30.6 Å². The van der Waals surface area contributed by atoms with Crippen molar-refractivity contribution in [3.8, 4) is 11.5 Å². The first-order valence-electron chi connectivity index (χ1n) is 8.71. The van der Waals surface area contributed by atoms with E-state index in [0.29, 0.717) is 46.6 Å². The Morgan fingerprint density at radius 2 is 2.23 bits per heavy atom. The average molecular weight is 371 g/mol. The van der Waals surface area contributed by atoms with Crippen molar-refractivity contribution in [2.45, 2.75) is 12.8 Å². The van der Waals surface area contributed by atoms with Crippen LogP contribution >= 0.6 is 11.6 Å². The molecule has 5 nitrogen and oxygen atoms in total. The number of carbonyl (C=O) groups excluding carboxylic acids is 1. The molecule has 4 rings (SSSR count). The molecule has 1 N–H and O–H groups in total. The molecule has 3 aromatic rings. The van der Waals surface area contributed by atoms with Crippen molar-refractivity contribution in [2.75, 3.05) is 19.8 Å². The van der Waals surface area contributed by atoms with Crippen LogP contribution in [-0.2, 0) is 4.74 Å². The lowest BCUT2D eigenvalue weighted by Crippen LogP contribution is -2.33. The second-order valence-corrected chi connectivity index (χ2v) is 6.87. The molecule has 0 bridgehead atoms. The SMILES string of the molecule is O=C(NC[C@@H]1CCCOC1)c1cc(-c2ccco2)nc2c(Cl)cccc12.